The zero-order valence-corrected chi connectivity index (χ0v) is 78.9. The van der Waals surface area contributed by atoms with Gasteiger partial charge in [-0.2, -0.15) is 0 Å². The lowest BCUT2D eigenvalue weighted by Gasteiger charge is -2.13. The van der Waals surface area contributed by atoms with Gasteiger partial charge in [0.25, 0.3) is 0 Å². The highest BCUT2D eigenvalue weighted by Crippen LogP contribution is 2.47. The minimum Gasteiger partial charge on any atom is -0.455 e. The van der Waals surface area contributed by atoms with Crippen molar-refractivity contribution in [3.8, 4) is 90.1 Å². The normalized spacial score (nSPS) is 11.8. The van der Waals surface area contributed by atoms with E-state index in [1.807, 2.05) is 120 Å². The molecule has 0 amide bonds. The first-order valence-corrected chi connectivity index (χ1v) is 49.9. The Morgan fingerprint density at radius 1 is 0.139 bits per heavy atom. The number of fused-ring (bicyclic) bond motifs is 28. The van der Waals surface area contributed by atoms with Crippen LogP contribution in [-0.2, 0) is 0 Å². The monoisotopic (exact) mass is 1870 g/mol. The SMILES string of the molecule is c1ccc(-c2nc3c(ccc4ccccc43)nc2-c2ccc3c(ccc4c5ccccc5oc34)c2)cc1.c1ccc(-c2nc3c(ccc4ccccc43)nc2-c2ccc3cc4sc5ccccc5c4cc3c2)cc1.c1ccc(-c2nc3ccc4ccccc4c3nc2-c2ccc3c(ccc4c5ccccc5oc34)c2)cc1.c1ccc(-c2nc3ccccc3nc2-c2ccc3cc4sc5ccccc5c4cc3c2)cc1. The van der Waals surface area contributed by atoms with Crippen LogP contribution in [0.15, 0.2) is 482 Å². The molecule has 0 N–H and O–H groups in total. The number of furan rings is 2. The highest BCUT2D eigenvalue weighted by molar-refractivity contribution is 7.26. The number of nitrogens with zero attached hydrogens (tertiary/aromatic N) is 8. The minimum absolute atomic E-state index is 0.876. The molecule has 0 saturated heterocycles. The van der Waals surface area contributed by atoms with Crippen molar-refractivity contribution in [2.45, 2.75) is 0 Å². The van der Waals surface area contributed by atoms with E-state index in [1.54, 1.807) is 0 Å². The molecule has 0 bridgehead atoms. The summed E-state index contributed by atoms with van der Waals surface area (Å²) in [7, 11) is 0. The van der Waals surface area contributed by atoms with Gasteiger partial charge in [-0.3, -0.25) is 0 Å². The van der Waals surface area contributed by atoms with Gasteiger partial charge < -0.3 is 8.83 Å². The van der Waals surface area contributed by atoms with Gasteiger partial charge in [-0.25, -0.2) is 39.9 Å². The summed E-state index contributed by atoms with van der Waals surface area (Å²) in [6, 6.07) is 165. The van der Waals surface area contributed by atoms with Crippen LogP contribution in [0, 0.1) is 0 Å². The van der Waals surface area contributed by atoms with Crippen LogP contribution in [0.1, 0.15) is 0 Å². The molecular formula is C132H78N8O2S2. The predicted octanol–water partition coefficient (Wildman–Crippen LogP) is 36.5. The molecule has 0 aliphatic rings. The molecule has 8 aromatic heterocycles. The van der Waals surface area contributed by atoms with E-state index in [4.69, 9.17) is 48.7 Å². The summed E-state index contributed by atoms with van der Waals surface area (Å²) in [5.74, 6) is 0. The molecule has 8 heterocycles. The molecule has 670 valence electrons. The van der Waals surface area contributed by atoms with Gasteiger partial charge in [0.15, 0.2) is 0 Å². The summed E-state index contributed by atoms with van der Waals surface area (Å²) in [4.78, 5) is 41.4. The van der Waals surface area contributed by atoms with Crippen LogP contribution >= 0.6 is 22.7 Å². The number of hydrogen-bond acceptors (Lipinski definition) is 12. The highest BCUT2D eigenvalue weighted by Gasteiger charge is 2.24. The zero-order chi connectivity index (χ0) is 94.8. The zero-order valence-electron chi connectivity index (χ0n) is 77.2. The van der Waals surface area contributed by atoms with Crippen molar-refractivity contribution >= 4 is 226 Å². The molecule has 0 radical (unpaired) electrons. The second-order valence-electron chi connectivity index (χ2n) is 36.6. The summed E-state index contributed by atoms with van der Waals surface area (Å²) < 4.78 is 17.9. The molecule has 0 aliphatic carbocycles. The largest absolute Gasteiger partial charge is 0.455 e. The van der Waals surface area contributed by atoms with Crippen LogP contribution in [0.5, 0.6) is 0 Å². The Hall–Kier alpha value is -18.7. The Labute approximate surface area is 832 Å². The second kappa shape index (κ2) is 34.7. The Bertz CT molecular complexity index is 10700. The van der Waals surface area contributed by atoms with Crippen LogP contribution in [-0.4, -0.2) is 39.9 Å². The third-order valence-electron chi connectivity index (χ3n) is 27.9. The van der Waals surface area contributed by atoms with E-state index < -0.39 is 0 Å². The highest BCUT2D eigenvalue weighted by atomic mass is 32.1. The van der Waals surface area contributed by atoms with Gasteiger partial charge in [-0.05, 0) is 176 Å². The fraction of sp³-hybridized carbons (Fsp3) is 0. The van der Waals surface area contributed by atoms with Crippen molar-refractivity contribution in [1.82, 2.24) is 39.9 Å². The fourth-order valence-corrected chi connectivity index (χ4v) is 23.2. The molecule has 144 heavy (non-hydrogen) atoms. The fourth-order valence-electron chi connectivity index (χ4n) is 20.9. The van der Waals surface area contributed by atoms with Crippen molar-refractivity contribution in [1.29, 1.82) is 0 Å². The maximum atomic E-state index is 6.28. The van der Waals surface area contributed by atoms with Gasteiger partial charge in [-0.15, -0.1) is 22.7 Å². The molecule has 23 aromatic carbocycles. The number of aromatic nitrogens is 8. The van der Waals surface area contributed by atoms with Crippen LogP contribution in [0.4, 0.5) is 0 Å². The van der Waals surface area contributed by atoms with Gasteiger partial charge >= 0.3 is 0 Å². The Morgan fingerprint density at radius 2 is 0.410 bits per heavy atom. The number of rotatable bonds is 8. The molecule has 31 aromatic rings. The lowest BCUT2D eigenvalue weighted by molar-refractivity contribution is 0.672. The number of hydrogen-bond donors (Lipinski definition) is 0. The molecule has 0 unspecified atom stereocenters. The summed E-state index contributed by atoms with van der Waals surface area (Å²) >= 11 is 3.71. The maximum Gasteiger partial charge on any atom is 0.143 e. The Morgan fingerprint density at radius 3 is 0.792 bits per heavy atom. The first kappa shape index (κ1) is 83.4. The van der Waals surface area contributed by atoms with Crippen molar-refractivity contribution < 1.29 is 8.83 Å². The lowest BCUT2D eigenvalue weighted by atomic mass is 9.99. The molecule has 10 nitrogen and oxygen atoms in total. The molecule has 12 heteroatoms. The molecular weight excluding hydrogens is 1790 g/mol. The van der Waals surface area contributed by atoms with E-state index in [0.29, 0.717) is 0 Å². The van der Waals surface area contributed by atoms with Crippen LogP contribution < -0.4 is 0 Å². The topological polar surface area (TPSA) is 129 Å². The average Bonchev–Trinajstić information content (AvgIpc) is 1.39. The summed E-state index contributed by atoms with van der Waals surface area (Å²) in [6.07, 6.45) is 0. The van der Waals surface area contributed by atoms with Gasteiger partial charge in [0, 0.05) is 133 Å². The van der Waals surface area contributed by atoms with E-state index in [9.17, 15) is 0 Å². The third-order valence-corrected chi connectivity index (χ3v) is 30.2. The Kier molecular flexibility index (Phi) is 20.1. The molecule has 31 rings (SSSR count). The summed E-state index contributed by atoms with van der Waals surface area (Å²) in [5, 5.41) is 26.0. The molecule has 0 saturated carbocycles. The van der Waals surface area contributed by atoms with E-state index in [0.717, 1.165) is 227 Å². The minimum atomic E-state index is 0.876. The van der Waals surface area contributed by atoms with Gasteiger partial charge in [0.2, 0.25) is 0 Å². The van der Waals surface area contributed by atoms with Crippen LogP contribution in [0.3, 0.4) is 0 Å². The number of thiophene rings is 2. The maximum absolute atomic E-state index is 6.28. The van der Waals surface area contributed by atoms with Crippen molar-refractivity contribution in [3.05, 3.63) is 473 Å². The quantitative estimate of drug-likeness (QED) is 0.136. The Balaban J connectivity index is 0.0000000935. The van der Waals surface area contributed by atoms with Gasteiger partial charge in [0.1, 0.15) is 22.3 Å². The number of para-hydroxylation sites is 4. The van der Waals surface area contributed by atoms with Crippen LogP contribution in [0.2, 0.25) is 0 Å². The third kappa shape index (κ3) is 14.7. The molecule has 0 spiro atoms. The first-order chi connectivity index (χ1) is 71.3. The lowest BCUT2D eigenvalue weighted by Crippen LogP contribution is -1.96. The summed E-state index contributed by atoms with van der Waals surface area (Å²) in [6.45, 7) is 0. The smallest absolute Gasteiger partial charge is 0.143 e. The van der Waals surface area contributed by atoms with E-state index in [2.05, 4.69) is 376 Å². The van der Waals surface area contributed by atoms with Crippen molar-refractivity contribution in [2.24, 2.45) is 0 Å². The molecule has 0 atom stereocenters. The van der Waals surface area contributed by atoms with Crippen molar-refractivity contribution in [3.63, 3.8) is 0 Å². The van der Waals surface area contributed by atoms with Crippen LogP contribution in [0.25, 0.3) is 294 Å². The average molecular weight is 1870 g/mol. The van der Waals surface area contributed by atoms with Crippen molar-refractivity contribution in [2.75, 3.05) is 0 Å². The van der Waals surface area contributed by atoms with Gasteiger partial charge in [-0.1, -0.05) is 346 Å². The van der Waals surface area contributed by atoms with E-state index >= 15 is 0 Å². The molecule has 0 aliphatic heterocycles. The first-order valence-electron chi connectivity index (χ1n) is 48.3. The van der Waals surface area contributed by atoms with Gasteiger partial charge in [0.05, 0.1) is 89.7 Å². The standard InChI is InChI=1S/2C34H20N2O.C34H20N2S.C30H18N2S/c1-2-9-22(10-3-1)31-32(35-29-19-16-21-8-4-5-11-25(21)33(29)36-31)24-15-17-26-23(20-24)14-18-28-27-12-6-7-13-30(27)37-34(26)28;1-2-9-22(10-3-1)31-32(36-33-25-11-5-4-8-21(25)16-19-29(33)35-31)24-15-17-26-23(20-24)14-18-28-27-12-6-7-13-30(27)37-34(26)28;1-2-9-22(10-3-1)32-33(35-29-17-16-21-8-4-5-11-26(21)34(29)36-32)24-15-14-23-20-31-28(19-25(23)18-24)27-12-6-7-13-30(27)37-31;1-2-8-19(9-3-1)29-30(32-26-12-6-5-11-25(26)31-29)21-15-14-20-18-28-24(17-22(20)16-21)23-10-4-7-13-27(23)33-28/h3*1-20H;1-18H. The van der Waals surface area contributed by atoms with E-state index in [1.165, 1.54) is 67.3 Å². The van der Waals surface area contributed by atoms with E-state index in [-0.39, 0.29) is 0 Å². The molecule has 0 fully saturated rings. The predicted molar refractivity (Wildman–Crippen MR) is 605 cm³/mol. The second-order valence-corrected chi connectivity index (χ2v) is 38.7. The number of benzene rings is 23. The summed E-state index contributed by atoms with van der Waals surface area (Å²) in [5.41, 5.74) is 26.6.